The highest BCUT2D eigenvalue weighted by atomic mass is 16.2. The Hall–Kier alpha value is -1.82. The number of nitrogens with one attached hydrogen (secondary N) is 2. The first-order valence-corrected chi connectivity index (χ1v) is 8.71. The van der Waals surface area contributed by atoms with Crippen LogP contribution in [-0.4, -0.2) is 41.2 Å². The van der Waals surface area contributed by atoms with Gasteiger partial charge in [0, 0.05) is 31.4 Å². The second-order valence-electron chi connectivity index (χ2n) is 6.67. The number of hydrogen-bond acceptors (Lipinski definition) is 4. The number of carbonyl (C=O) groups is 1. The third-order valence-electron chi connectivity index (χ3n) is 4.86. The fraction of sp³-hybridized carbons (Fsp3) is 0.647. The summed E-state index contributed by atoms with van der Waals surface area (Å²) in [5, 5.41) is 5.05. The van der Waals surface area contributed by atoms with Crippen LogP contribution >= 0.6 is 0 Å². The molecule has 2 saturated heterocycles. The number of hydrazine groups is 1. The third-order valence-corrected chi connectivity index (χ3v) is 4.86. The van der Waals surface area contributed by atoms with Gasteiger partial charge in [0.05, 0.1) is 5.69 Å². The van der Waals surface area contributed by atoms with E-state index in [0.29, 0.717) is 12.1 Å². The summed E-state index contributed by atoms with van der Waals surface area (Å²) in [5.74, 6) is 0.875. The summed E-state index contributed by atoms with van der Waals surface area (Å²) >= 11 is 0. The van der Waals surface area contributed by atoms with Crippen LogP contribution in [0.1, 0.15) is 46.0 Å². The van der Waals surface area contributed by atoms with Crippen LogP contribution in [0.25, 0.3) is 0 Å². The van der Waals surface area contributed by atoms with Crippen molar-refractivity contribution in [2.45, 2.75) is 58.0 Å². The van der Waals surface area contributed by atoms with Gasteiger partial charge in [-0.15, -0.1) is 0 Å². The van der Waals surface area contributed by atoms with E-state index in [2.05, 4.69) is 39.5 Å². The van der Waals surface area contributed by atoms with Crippen molar-refractivity contribution in [1.29, 1.82) is 0 Å². The molecule has 2 amide bonds. The summed E-state index contributed by atoms with van der Waals surface area (Å²) in [7, 11) is 0. The SMILES string of the molecule is C[C@@H]1CCC[C@@H](C)N1NC(=O)Nc1cccnc1N1CCCC1. The van der Waals surface area contributed by atoms with Crippen molar-refractivity contribution in [1.82, 2.24) is 15.4 Å². The Bertz CT molecular complexity index is 534. The Morgan fingerprint density at radius 3 is 2.57 bits per heavy atom. The molecule has 3 rings (SSSR count). The van der Waals surface area contributed by atoms with E-state index in [1.165, 1.54) is 19.3 Å². The Morgan fingerprint density at radius 2 is 1.87 bits per heavy atom. The topological polar surface area (TPSA) is 60.5 Å². The predicted octanol–water partition coefficient (Wildman–Crippen LogP) is 2.98. The van der Waals surface area contributed by atoms with E-state index in [1.54, 1.807) is 6.20 Å². The number of rotatable bonds is 3. The second kappa shape index (κ2) is 7.17. The number of carbonyl (C=O) groups excluding carboxylic acids is 1. The monoisotopic (exact) mass is 317 g/mol. The van der Waals surface area contributed by atoms with Gasteiger partial charge in [-0.2, -0.15) is 0 Å². The Labute approximate surface area is 138 Å². The van der Waals surface area contributed by atoms with Gasteiger partial charge in [-0.1, -0.05) is 6.42 Å². The van der Waals surface area contributed by atoms with Gasteiger partial charge < -0.3 is 10.2 Å². The molecule has 0 aliphatic carbocycles. The second-order valence-corrected chi connectivity index (χ2v) is 6.67. The summed E-state index contributed by atoms with van der Waals surface area (Å²) in [6, 6.07) is 4.34. The third kappa shape index (κ3) is 3.75. The Balaban J connectivity index is 1.66. The van der Waals surface area contributed by atoms with Gasteiger partial charge in [0.2, 0.25) is 0 Å². The normalized spacial score (nSPS) is 25.4. The molecular weight excluding hydrogens is 290 g/mol. The molecule has 2 atom stereocenters. The van der Waals surface area contributed by atoms with Crippen LogP contribution in [0.3, 0.4) is 0 Å². The molecule has 2 N–H and O–H groups in total. The van der Waals surface area contributed by atoms with Gasteiger partial charge in [0.1, 0.15) is 0 Å². The van der Waals surface area contributed by atoms with Crippen molar-refractivity contribution in [3.8, 4) is 0 Å². The summed E-state index contributed by atoms with van der Waals surface area (Å²) < 4.78 is 0. The molecule has 6 heteroatoms. The highest BCUT2D eigenvalue weighted by molar-refractivity contribution is 5.92. The van der Waals surface area contributed by atoms with Crippen LogP contribution in [-0.2, 0) is 0 Å². The lowest BCUT2D eigenvalue weighted by atomic mass is 10.00. The fourth-order valence-corrected chi connectivity index (χ4v) is 3.58. The molecule has 6 nitrogen and oxygen atoms in total. The molecule has 1 aromatic rings. The maximum atomic E-state index is 12.4. The van der Waals surface area contributed by atoms with E-state index < -0.39 is 0 Å². The quantitative estimate of drug-likeness (QED) is 0.900. The molecule has 0 spiro atoms. The van der Waals surface area contributed by atoms with Crippen molar-refractivity contribution in [3.63, 3.8) is 0 Å². The average molecular weight is 317 g/mol. The van der Waals surface area contributed by atoms with Gasteiger partial charge in [0.25, 0.3) is 0 Å². The summed E-state index contributed by atoms with van der Waals surface area (Å²) in [4.78, 5) is 19.1. The minimum absolute atomic E-state index is 0.181. The molecule has 3 heterocycles. The van der Waals surface area contributed by atoms with Crippen molar-refractivity contribution in [2.75, 3.05) is 23.3 Å². The fourth-order valence-electron chi connectivity index (χ4n) is 3.58. The minimum Gasteiger partial charge on any atom is -0.355 e. The van der Waals surface area contributed by atoms with E-state index in [4.69, 9.17) is 0 Å². The van der Waals surface area contributed by atoms with Gasteiger partial charge in [-0.25, -0.2) is 14.8 Å². The first-order chi connectivity index (χ1) is 11.1. The molecule has 0 radical (unpaired) electrons. The van der Waals surface area contributed by atoms with E-state index in [-0.39, 0.29) is 6.03 Å². The van der Waals surface area contributed by atoms with Gasteiger partial charge >= 0.3 is 6.03 Å². The molecule has 126 valence electrons. The predicted molar refractivity (Wildman–Crippen MR) is 92.5 cm³/mol. The van der Waals surface area contributed by atoms with Crippen molar-refractivity contribution < 1.29 is 4.79 Å². The molecule has 1 aromatic heterocycles. The molecular formula is C17H27N5O. The van der Waals surface area contributed by atoms with Crippen molar-refractivity contribution in [2.24, 2.45) is 0 Å². The Kier molecular flexibility index (Phi) is 5.00. The lowest BCUT2D eigenvalue weighted by molar-refractivity contribution is 0.0625. The van der Waals surface area contributed by atoms with Crippen LogP contribution < -0.4 is 15.6 Å². The van der Waals surface area contributed by atoms with Crippen LogP contribution in [0.15, 0.2) is 18.3 Å². The zero-order valence-electron chi connectivity index (χ0n) is 14.1. The number of piperidine rings is 1. The largest absolute Gasteiger partial charge is 0.355 e. The van der Waals surface area contributed by atoms with Crippen LogP contribution in [0.4, 0.5) is 16.3 Å². The number of anilines is 2. The summed E-state index contributed by atoms with van der Waals surface area (Å²) in [5.41, 5.74) is 3.80. The molecule has 2 aliphatic rings. The zero-order valence-corrected chi connectivity index (χ0v) is 14.1. The van der Waals surface area contributed by atoms with Crippen LogP contribution in [0, 0.1) is 0 Å². The Morgan fingerprint density at radius 1 is 1.17 bits per heavy atom. The summed E-state index contributed by atoms with van der Waals surface area (Å²) in [6.45, 7) is 6.34. The number of pyridine rings is 1. The average Bonchev–Trinajstić information content (AvgIpc) is 3.06. The van der Waals surface area contributed by atoms with E-state index in [1.807, 2.05) is 12.1 Å². The first kappa shape index (κ1) is 16.1. The van der Waals surface area contributed by atoms with Gasteiger partial charge in [0.15, 0.2) is 5.82 Å². The van der Waals surface area contributed by atoms with Crippen molar-refractivity contribution >= 4 is 17.5 Å². The molecule has 23 heavy (non-hydrogen) atoms. The van der Waals surface area contributed by atoms with E-state index in [9.17, 15) is 4.79 Å². The maximum Gasteiger partial charge on any atom is 0.333 e. The minimum atomic E-state index is -0.181. The van der Waals surface area contributed by atoms with E-state index in [0.717, 1.165) is 37.4 Å². The highest BCUT2D eigenvalue weighted by Crippen LogP contribution is 2.26. The summed E-state index contributed by atoms with van der Waals surface area (Å²) in [6.07, 6.45) is 7.62. The number of amides is 2. The molecule has 2 fully saturated rings. The number of hydrogen-bond donors (Lipinski definition) is 2. The van der Waals surface area contributed by atoms with Gasteiger partial charge in [-0.3, -0.25) is 5.43 Å². The highest BCUT2D eigenvalue weighted by Gasteiger charge is 2.26. The van der Waals surface area contributed by atoms with Crippen LogP contribution in [0.2, 0.25) is 0 Å². The molecule has 0 saturated carbocycles. The van der Waals surface area contributed by atoms with Gasteiger partial charge in [-0.05, 0) is 51.7 Å². The lowest BCUT2D eigenvalue weighted by Gasteiger charge is -2.38. The number of urea groups is 1. The number of nitrogens with zero attached hydrogens (tertiary/aromatic N) is 3. The molecule has 2 aliphatic heterocycles. The lowest BCUT2D eigenvalue weighted by Crippen LogP contribution is -2.55. The first-order valence-electron chi connectivity index (χ1n) is 8.71. The zero-order chi connectivity index (χ0) is 16.2. The standard InChI is InChI=1S/C17H27N5O/c1-13-7-5-8-14(2)22(13)20-17(23)19-15-9-6-10-18-16(15)21-11-3-4-12-21/h6,9-10,13-14H,3-5,7-8,11-12H2,1-2H3,(H2,19,20,23)/t13-,14-/m1/s1. The van der Waals surface area contributed by atoms with E-state index >= 15 is 0 Å². The molecule has 0 unspecified atom stereocenters. The smallest absolute Gasteiger partial charge is 0.333 e. The molecule has 0 aromatic carbocycles. The van der Waals surface area contributed by atoms with Crippen molar-refractivity contribution in [3.05, 3.63) is 18.3 Å². The number of aromatic nitrogens is 1. The maximum absolute atomic E-state index is 12.4. The molecule has 0 bridgehead atoms. The van der Waals surface area contributed by atoms with Crippen LogP contribution in [0.5, 0.6) is 0 Å².